The lowest BCUT2D eigenvalue weighted by Gasteiger charge is -2.33. The van der Waals surface area contributed by atoms with E-state index in [0.717, 1.165) is 12.0 Å². The largest absolute Gasteiger partial charge is 0.353 e. The van der Waals surface area contributed by atoms with Gasteiger partial charge in [-0.15, -0.1) is 0 Å². The van der Waals surface area contributed by atoms with E-state index in [1.54, 1.807) is 11.8 Å². The van der Waals surface area contributed by atoms with Gasteiger partial charge in [0.05, 0.1) is 0 Å². The van der Waals surface area contributed by atoms with E-state index in [-0.39, 0.29) is 11.8 Å². The molecule has 1 saturated heterocycles. The Bertz CT molecular complexity index is 471. The van der Waals surface area contributed by atoms with Gasteiger partial charge in [0, 0.05) is 18.7 Å². The Morgan fingerprint density at radius 2 is 2.17 bits per heavy atom. The first-order valence-corrected chi connectivity index (χ1v) is 6.31. The van der Waals surface area contributed by atoms with Gasteiger partial charge in [0.2, 0.25) is 5.91 Å². The molecule has 1 atom stereocenters. The molecule has 0 aromatic heterocycles. The van der Waals surface area contributed by atoms with Crippen LogP contribution in [0.4, 0.5) is 0 Å². The van der Waals surface area contributed by atoms with Crippen molar-refractivity contribution in [1.29, 1.82) is 0 Å². The molecule has 1 N–H and O–H groups in total. The molecule has 1 unspecified atom stereocenters. The van der Waals surface area contributed by atoms with Gasteiger partial charge in [0.25, 0.3) is 5.91 Å². The summed E-state index contributed by atoms with van der Waals surface area (Å²) in [5, 5.41) is 2.76. The lowest BCUT2D eigenvalue weighted by atomic mass is 10.0. The van der Waals surface area contributed by atoms with Crippen LogP contribution in [0, 0.1) is 0 Å². The number of nitrogens with zero attached hydrogens (tertiary/aromatic N) is 1. The van der Waals surface area contributed by atoms with Gasteiger partial charge in [-0.05, 0) is 25.0 Å². The smallest absolute Gasteiger partial charge is 0.254 e. The number of rotatable bonds is 2. The van der Waals surface area contributed by atoms with E-state index in [9.17, 15) is 9.59 Å². The topological polar surface area (TPSA) is 49.4 Å². The number of amides is 2. The Morgan fingerprint density at radius 1 is 1.44 bits per heavy atom. The molecule has 1 aliphatic rings. The Morgan fingerprint density at radius 3 is 2.89 bits per heavy atom. The molecule has 0 spiro atoms. The van der Waals surface area contributed by atoms with Crippen LogP contribution in [-0.4, -0.2) is 35.8 Å². The summed E-state index contributed by atoms with van der Waals surface area (Å²) in [7, 11) is 0. The summed E-state index contributed by atoms with van der Waals surface area (Å²) in [6.07, 6.45) is 0.816. The Kier molecular flexibility index (Phi) is 3.65. The highest BCUT2D eigenvalue weighted by molar-refractivity contribution is 5.99. The van der Waals surface area contributed by atoms with E-state index in [4.69, 9.17) is 0 Å². The predicted octanol–water partition coefficient (Wildman–Crippen LogP) is 1.21. The third-order valence-corrected chi connectivity index (χ3v) is 3.39. The molecular formula is C14H18N2O2. The van der Waals surface area contributed by atoms with Crippen LogP contribution in [-0.2, 0) is 11.2 Å². The van der Waals surface area contributed by atoms with Crippen LogP contribution < -0.4 is 5.32 Å². The molecule has 18 heavy (non-hydrogen) atoms. The predicted molar refractivity (Wildman–Crippen MR) is 69.3 cm³/mol. The SMILES string of the molecule is CCc1ccccc1C(=O)N1CCNC(=O)C1C. The van der Waals surface area contributed by atoms with Gasteiger partial charge < -0.3 is 10.2 Å². The fraction of sp³-hybridized carbons (Fsp3) is 0.429. The van der Waals surface area contributed by atoms with Crippen molar-refractivity contribution in [3.05, 3.63) is 35.4 Å². The van der Waals surface area contributed by atoms with Crippen LogP contribution in [0.15, 0.2) is 24.3 Å². The van der Waals surface area contributed by atoms with Crippen LogP contribution in [0.1, 0.15) is 29.8 Å². The normalized spacial score (nSPS) is 19.6. The van der Waals surface area contributed by atoms with Crippen molar-refractivity contribution in [2.24, 2.45) is 0 Å². The van der Waals surface area contributed by atoms with Crippen molar-refractivity contribution in [3.63, 3.8) is 0 Å². The van der Waals surface area contributed by atoms with Gasteiger partial charge in [-0.3, -0.25) is 9.59 Å². The van der Waals surface area contributed by atoms with E-state index < -0.39 is 6.04 Å². The summed E-state index contributed by atoms with van der Waals surface area (Å²) in [4.78, 5) is 25.7. The average molecular weight is 246 g/mol. The quantitative estimate of drug-likeness (QED) is 0.852. The molecule has 0 aliphatic carbocycles. The number of hydrogen-bond donors (Lipinski definition) is 1. The van der Waals surface area contributed by atoms with Crippen molar-refractivity contribution in [1.82, 2.24) is 10.2 Å². The van der Waals surface area contributed by atoms with E-state index in [1.807, 2.05) is 31.2 Å². The Labute approximate surface area is 107 Å². The van der Waals surface area contributed by atoms with Gasteiger partial charge in [-0.1, -0.05) is 25.1 Å². The zero-order chi connectivity index (χ0) is 13.1. The lowest BCUT2D eigenvalue weighted by Crippen LogP contribution is -2.55. The monoisotopic (exact) mass is 246 g/mol. The van der Waals surface area contributed by atoms with Crippen LogP contribution >= 0.6 is 0 Å². The maximum Gasteiger partial charge on any atom is 0.254 e. The minimum Gasteiger partial charge on any atom is -0.353 e. The number of benzene rings is 1. The second-order valence-corrected chi connectivity index (χ2v) is 4.48. The van der Waals surface area contributed by atoms with E-state index in [0.29, 0.717) is 18.7 Å². The van der Waals surface area contributed by atoms with Crippen molar-refractivity contribution in [2.75, 3.05) is 13.1 Å². The molecule has 1 fully saturated rings. The van der Waals surface area contributed by atoms with Gasteiger partial charge >= 0.3 is 0 Å². The molecule has 1 aromatic rings. The zero-order valence-electron chi connectivity index (χ0n) is 10.8. The van der Waals surface area contributed by atoms with Crippen LogP contribution in [0.5, 0.6) is 0 Å². The minimum atomic E-state index is -0.392. The molecule has 0 radical (unpaired) electrons. The van der Waals surface area contributed by atoms with Crippen molar-refractivity contribution >= 4 is 11.8 Å². The second kappa shape index (κ2) is 5.21. The summed E-state index contributed by atoms with van der Waals surface area (Å²) in [6.45, 7) is 4.90. The van der Waals surface area contributed by atoms with Gasteiger partial charge in [-0.25, -0.2) is 0 Å². The molecule has 4 heteroatoms. The molecule has 1 aliphatic heterocycles. The Balaban J connectivity index is 2.27. The third kappa shape index (κ3) is 2.23. The molecule has 1 aromatic carbocycles. The van der Waals surface area contributed by atoms with Crippen molar-refractivity contribution in [3.8, 4) is 0 Å². The highest BCUT2D eigenvalue weighted by Crippen LogP contribution is 2.15. The van der Waals surface area contributed by atoms with E-state index >= 15 is 0 Å². The van der Waals surface area contributed by atoms with Crippen LogP contribution in [0.25, 0.3) is 0 Å². The summed E-state index contributed by atoms with van der Waals surface area (Å²) in [5.41, 5.74) is 1.74. The molecule has 2 amide bonds. The van der Waals surface area contributed by atoms with Gasteiger partial charge in [0.1, 0.15) is 6.04 Å². The standard InChI is InChI=1S/C14H18N2O2/c1-3-11-6-4-5-7-12(11)14(18)16-9-8-15-13(17)10(16)2/h4-7,10H,3,8-9H2,1-2H3,(H,15,17). The fourth-order valence-corrected chi connectivity index (χ4v) is 2.25. The van der Waals surface area contributed by atoms with E-state index in [2.05, 4.69) is 5.32 Å². The van der Waals surface area contributed by atoms with Gasteiger partial charge in [-0.2, -0.15) is 0 Å². The number of hydrogen-bond acceptors (Lipinski definition) is 2. The fourth-order valence-electron chi connectivity index (χ4n) is 2.25. The van der Waals surface area contributed by atoms with E-state index in [1.165, 1.54) is 0 Å². The summed E-state index contributed by atoms with van der Waals surface area (Å²) >= 11 is 0. The maximum absolute atomic E-state index is 12.5. The summed E-state index contributed by atoms with van der Waals surface area (Å²) in [6, 6.07) is 7.20. The van der Waals surface area contributed by atoms with Crippen molar-refractivity contribution < 1.29 is 9.59 Å². The average Bonchev–Trinajstić information content (AvgIpc) is 2.41. The number of carbonyl (C=O) groups is 2. The third-order valence-electron chi connectivity index (χ3n) is 3.39. The minimum absolute atomic E-state index is 0.0465. The number of nitrogens with one attached hydrogen (secondary N) is 1. The molecule has 96 valence electrons. The van der Waals surface area contributed by atoms with Crippen LogP contribution in [0.2, 0.25) is 0 Å². The lowest BCUT2D eigenvalue weighted by molar-refractivity contribution is -0.127. The number of carbonyl (C=O) groups excluding carboxylic acids is 2. The first kappa shape index (κ1) is 12.6. The molecular weight excluding hydrogens is 228 g/mol. The number of aryl methyl sites for hydroxylation is 1. The van der Waals surface area contributed by atoms with Gasteiger partial charge in [0.15, 0.2) is 0 Å². The second-order valence-electron chi connectivity index (χ2n) is 4.48. The zero-order valence-corrected chi connectivity index (χ0v) is 10.8. The molecule has 0 saturated carbocycles. The highest BCUT2D eigenvalue weighted by atomic mass is 16.2. The van der Waals surface area contributed by atoms with Crippen LogP contribution in [0.3, 0.4) is 0 Å². The highest BCUT2D eigenvalue weighted by Gasteiger charge is 2.30. The maximum atomic E-state index is 12.5. The molecule has 0 bridgehead atoms. The first-order chi connectivity index (χ1) is 8.65. The number of piperazine rings is 1. The summed E-state index contributed by atoms with van der Waals surface area (Å²) in [5.74, 6) is -0.127. The molecule has 2 rings (SSSR count). The first-order valence-electron chi connectivity index (χ1n) is 6.31. The summed E-state index contributed by atoms with van der Waals surface area (Å²) < 4.78 is 0. The molecule has 1 heterocycles. The molecule has 4 nitrogen and oxygen atoms in total. The Hall–Kier alpha value is -1.84. The van der Waals surface area contributed by atoms with Crippen molar-refractivity contribution in [2.45, 2.75) is 26.3 Å².